The molecule has 0 N–H and O–H groups in total. The number of piperazine rings is 1. The van der Waals surface area contributed by atoms with E-state index in [0.29, 0.717) is 38.5 Å². The van der Waals surface area contributed by atoms with Crippen LogP contribution in [0.1, 0.15) is 18.1 Å². The number of hydrogen-bond acceptors (Lipinski definition) is 4. The van der Waals surface area contributed by atoms with Gasteiger partial charge in [-0.15, -0.1) is 0 Å². The Hall–Kier alpha value is -2.43. The molecule has 1 saturated heterocycles. The molecule has 5 nitrogen and oxygen atoms in total. The Morgan fingerprint density at radius 2 is 1.96 bits per heavy atom. The van der Waals surface area contributed by atoms with E-state index < -0.39 is 23.4 Å². The van der Waals surface area contributed by atoms with Crippen molar-refractivity contribution >= 4 is 11.8 Å². The van der Waals surface area contributed by atoms with Crippen molar-refractivity contribution in [2.24, 2.45) is 0 Å². The molecule has 1 aliphatic heterocycles. The number of alkyl halides is 3. The summed E-state index contributed by atoms with van der Waals surface area (Å²) in [7, 11) is 0. The third kappa shape index (κ3) is 3.86. The van der Waals surface area contributed by atoms with E-state index in [1.165, 1.54) is 12.1 Å². The minimum Gasteiger partial charge on any atom is -0.450 e. The maximum atomic E-state index is 12.8. The highest BCUT2D eigenvalue weighted by atomic mass is 19.4. The van der Waals surface area contributed by atoms with Gasteiger partial charge in [0.2, 0.25) is 0 Å². The fourth-order valence-electron chi connectivity index (χ4n) is 2.43. The lowest BCUT2D eigenvalue weighted by atomic mass is 10.1. The summed E-state index contributed by atoms with van der Waals surface area (Å²) in [4.78, 5) is 15.0. The average molecular weight is 327 g/mol. The van der Waals surface area contributed by atoms with Gasteiger partial charge in [0.1, 0.15) is 0 Å². The Labute approximate surface area is 131 Å². The molecule has 2 rings (SSSR count). The third-order valence-corrected chi connectivity index (χ3v) is 3.60. The summed E-state index contributed by atoms with van der Waals surface area (Å²) in [5.74, 6) is 0. The lowest BCUT2D eigenvalue weighted by Gasteiger charge is -2.35. The van der Waals surface area contributed by atoms with E-state index in [4.69, 9.17) is 10.00 Å². The van der Waals surface area contributed by atoms with Gasteiger partial charge < -0.3 is 14.5 Å². The fraction of sp³-hybridized carbons (Fsp3) is 0.467. The zero-order valence-corrected chi connectivity index (χ0v) is 12.6. The van der Waals surface area contributed by atoms with Gasteiger partial charge in [-0.25, -0.2) is 4.79 Å². The van der Waals surface area contributed by atoms with Crippen molar-refractivity contribution in [2.45, 2.75) is 13.1 Å². The Balaban J connectivity index is 2.10. The molecule has 1 fully saturated rings. The summed E-state index contributed by atoms with van der Waals surface area (Å²) in [6, 6.07) is 5.11. The number of rotatable bonds is 2. The van der Waals surface area contributed by atoms with Crippen LogP contribution in [0, 0.1) is 11.3 Å². The summed E-state index contributed by atoms with van der Waals surface area (Å²) in [5, 5.41) is 8.94. The summed E-state index contributed by atoms with van der Waals surface area (Å²) in [6.07, 6.45) is -4.94. The fourth-order valence-corrected chi connectivity index (χ4v) is 2.43. The second-order valence-electron chi connectivity index (χ2n) is 5.01. The van der Waals surface area contributed by atoms with Gasteiger partial charge in [0.25, 0.3) is 0 Å². The van der Waals surface area contributed by atoms with Crippen molar-refractivity contribution in [1.29, 1.82) is 5.26 Å². The molecule has 1 aromatic carbocycles. The number of nitriles is 1. The predicted molar refractivity (Wildman–Crippen MR) is 77.0 cm³/mol. The van der Waals surface area contributed by atoms with Crippen molar-refractivity contribution in [3.63, 3.8) is 0 Å². The lowest BCUT2D eigenvalue weighted by molar-refractivity contribution is -0.137. The van der Waals surface area contributed by atoms with E-state index in [9.17, 15) is 18.0 Å². The van der Waals surface area contributed by atoms with Crippen LogP contribution in [0.2, 0.25) is 0 Å². The van der Waals surface area contributed by atoms with Crippen LogP contribution in [0.15, 0.2) is 18.2 Å². The topological polar surface area (TPSA) is 56.6 Å². The van der Waals surface area contributed by atoms with E-state index in [1.807, 2.05) is 4.90 Å². The van der Waals surface area contributed by atoms with Gasteiger partial charge in [-0.05, 0) is 25.1 Å². The highest BCUT2D eigenvalue weighted by molar-refractivity contribution is 5.68. The number of nitrogens with zero attached hydrogens (tertiary/aromatic N) is 3. The second-order valence-corrected chi connectivity index (χ2v) is 5.01. The van der Waals surface area contributed by atoms with Gasteiger partial charge in [-0.3, -0.25) is 0 Å². The van der Waals surface area contributed by atoms with E-state index in [2.05, 4.69) is 0 Å². The SMILES string of the molecule is CCOC(=O)N1CCN(c2ccc(C(F)(F)F)c(C#N)c2)CC1. The molecular formula is C15H16F3N3O2. The van der Waals surface area contributed by atoms with Crippen molar-refractivity contribution < 1.29 is 22.7 Å². The number of ether oxygens (including phenoxy) is 1. The Morgan fingerprint density at radius 1 is 1.30 bits per heavy atom. The summed E-state index contributed by atoms with van der Waals surface area (Å²) >= 11 is 0. The minimum atomic E-state index is -4.55. The Morgan fingerprint density at radius 3 is 2.48 bits per heavy atom. The van der Waals surface area contributed by atoms with Crippen LogP contribution in [0.25, 0.3) is 0 Å². The van der Waals surface area contributed by atoms with Gasteiger partial charge in [0, 0.05) is 31.9 Å². The first-order chi connectivity index (χ1) is 10.9. The molecule has 8 heteroatoms. The summed E-state index contributed by atoms with van der Waals surface area (Å²) in [6.45, 7) is 3.79. The van der Waals surface area contributed by atoms with Gasteiger partial charge in [0.05, 0.1) is 23.8 Å². The number of halogens is 3. The second kappa shape index (κ2) is 6.77. The molecule has 0 saturated carbocycles. The molecule has 1 amide bonds. The van der Waals surface area contributed by atoms with E-state index in [-0.39, 0.29) is 0 Å². The van der Waals surface area contributed by atoms with Gasteiger partial charge in [-0.2, -0.15) is 18.4 Å². The molecule has 23 heavy (non-hydrogen) atoms. The van der Waals surface area contributed by atoms with Crippen LogP contribution in [0.4, 0.5) is 23.7 Å². The first-order valence-electron chi connectivity index (χ1n) is 7.14. The number of hydrogen-bond donors (Lipinski definition) is 0. The van der Waals surface area contributed by atoms with Crippen molar-refractivity contribution in [3.8, 4) is 6.07 Å². The molecule has 0 aliphatic carbocycles. The van der Waals surface area contributed by atoms with Crippen molar-refractivity contribution in [3.05, 3.63) is 29.3 Å². The molecule has 1 aliphatic rings. The minimum absolute atomic E-state index is 0.295. The number of carbonyl (C=O) groups is 1. The van der Waals surface area contributed by atoms with E-state index >= 15 is 0 Å². The first kappa shape index (κ1) is 16.9. The van der Waals surface area contributed by atoms with Crippen LogP contribution in [-0.4, -0.2) is 43.8 Å². The maximum absolute atomic E-state index is 12.8. The van der Waals surface area contributed by atoms with E-state index in [0.717, 1.165) is 6.07 Å². The molecular weight excluding hydrogens is 311 g/mol. The smallest absolute Gasteiger partial charge is 0.417 e. The molecule has 1 heterocycles. The normalized spacial score (nSPS) is 15.3. The van der Waals surface area contributed by atoms with Crippen LogP contribution in [-0.2, 0) is 10.9 Å². The quantitative estimate of drug-likeness (QED) is 0.838. The standard InChI is InChI=1S/C15H16F3N3O2/c1-2-23-14(22)21-7-5-20(6-8-21)12-3-4-13(15(16,17)18)11(9-12)10-19/h3-4,9H,2,5-8H2,1H3. The monoisotopic (exact) mass is 327 g/mol. The van der Waals surface area contributed by atoms with Crippen LogP contribution >= 0.6 is 0 Å². The Kier molecular flexibility index (Phi) is 4.98. The average Bonchev–Trinajstić information content (AvgIpc) is 2.53. The number of benzene rings is 1. The molecule has 0 atom stereocenters. The third-order valence-electron chi connectivity index (χ3n) is 3.60. The van der Waals surface area contributed by atoms with Crippen LogP contribution < -0.4 is 4.90 Å². The predicted octanol–water partition coefficient (Wildman–Crippen LogP) is 2.86. The van der Waals surface area contributed by atoms with Gasteiger partial charge in [0.15, 0.2) is 0 Å². The maximum Gasteiger partial charge on any atom is 0.417 e. The number of carbonyl (C=O) groups excluding carboxylic acids is 1. The summed E-state index contributed by atoms with van der Waals surface area (Å²) in [5.41, 5.74) is -0.796. The van der Waals surface area contributed by atoms with E-state index in [1.54, 1.807) is 17.9 Å². The zero-order chi connectivity index (χ0) is 17.0. The van der Waals surface area contributed by atoms with Crippen molar-refractivity contribution in [2.75, 3.05) is 37.7 Å². The van der Waals surface area contributed by atoms with Crippen molar-refractivity contribution in [1.82, 2.24) is 4.90 Å². The number of anilines is 1. The number of amides is 1. The first-order valence-corrected chi connectivity index (χ1v) is 7.14. The Bertz CT molecular complexity index is 617. The van der Waals surface area contributed by atoms with Gasteiger partial charge >= 0.3 is 12.3 Å². The molecule has 0 radical (unpaired) electrons. The largest absolute Gasteiger partial charge is 0.450 e. The molecule has 0 aromatic heterocycles. The van der Waals surface area contributed by atoms with Crippen LogP contribution in [0.3, 0.4) is 0 Å². The molecule has 0 bridgehead atoms. The molecule has 0 spiro atoms. The molecule has 1 aromatic rings. The highest BCUT2D eigenvalue weighted by Crippen LogP contribution is 2.33. The molecule has 0 unspecified atom stereocenters. The molecule has 124 valence electrons. The lowest BCUT2D eigenvalue weighted by Crippen LogP contribution is -2.49. The van der Waals surface area contributed by atoms with Gasteiger partial charge in [-0.1, -0.05) is 0 Å². The van der Waals surface area contributed by atoms with Crippen LogP contribution in [0.5, 0.6) is 0 Å². The highest BCUT2D eigenvalue weighted by Gasteiger charge is 2.34. The summed E-state index contributed by atoms with van der Waals surface area (Å²) < 4.78 is 43.3. The zero-order valence-electron chi connectivity index (χ0n) is 12.6.